The van der Waals surface area contributed by atoms with Crippen LogP contribution in [0.1, 0.15) is 11.3 Å². The number of aromatic amines is 1. The molecule has 94 valence electrons. The van der Waals surface area contributed by atoms with Crippen molar-refractivity contribution in [1.29, 1.82) is 0 Å². The van der Waals surface area contributed by atoms with E-state index in [1.807, 2.05) is 30.5 Å². The monoisotopic (exact) mass is 246 g/mol. The summed E-state index contributed by atoms with van der Waals surface area (Å²) >= 11 is 0. The molecule has 0 saturated heterocycles. The quantitative estimate of drug-likeness (QED) is 0.808. The average molecular weight is 246 g/mol. The Labute approximate surface area is 107 Å². The van der Waals surface area contributed by atoms with Gasteiger partial charge in [0.1, 0.15) is 12.4 Å². The molecule has 0 bridgehead atoms. The molecule has 1 aromatic carbocycles. The Kier molecular flexibility index (Phi) is 4.42. The van der Waals surface area contributed by atoms with Gasteiger partial charge in [0.2, 0.25) is 0 Å². The van der Waals surface area contributed by atoms with Crippen LogP contribution in [-0.2, 0) is 13.0 Å². The Morgan fingerprint density at radius 2 is 1.89 bits per heavy atom. The molecule has 0 saturated carbocycles. The number of hydrogen-bond donors (Lipinski definition) is 1. The molecule has 0 aliphatic heterocycles. The zero-order chi connectivity index (χ0) is 12.8. The number of halogens is 1. The summed E-state index contributed by atoms with van der Waals surface area (Å²) in [5, 5.41) is 0. The van der Waals surface area contributed by atoms with Gasteiger partial charge in [-0.15, -0.1) is 0 Å². The second-order valence-corrected chi connectivity index (χ2v) is 4.65. The summed E-state index contributed by atoms with van der Waals surface area (Å²) in [6.07, 6.45) is 2.97. The normalized spacial score (nSPS) is 12.3. The van der Waals surface area contributed by atoms with E-state index in [2.05, 4.69) is 18.1 Å². The van der Waals surface area contributed by atoms with E-state index in [0.717, 1.165) is 19.5 Å². The van der Waals surface area contributed by atoms with Gasteiger partial charge in [0.25, 0.3) is 0 Å². The van der Waals surface area contributed by atoms with Gasteiger partial charge in [-0.2, -0.15) is 0 Å². The highest BCUT2D eigenvalue weighted by molar-refractivity contribution is 5.14. The molecule has 1 aromatic heterocycles. The second kappa shape index (κ2) is 6.26. The molecule has 2 nitrogen and oxygen atoms in total. The largest absolute Gasteiger partial charge is 0.333 e. The van der Waals surface area contributed by atoms with Crippen molar-refractivity contribution in [3.8, 4) is 0 Å². The van der Waals surface area contributed by atoms with Gasteiger partial charge in [0.15, 0.2) is 11.9 Å². The van der Waals surface area contributed by atoms with Crippen LogP contribution in [-0.4, -0.2) is 13.6 Å². The maximum Gasteiger partial charge on any atom is 0.185 e. The SMILES string of the molecule is C[NH+](CCc1cccc[nH+]1)Cc1ccc(F)cc1. The first-order valence-electron chi connectivity index (χ1n) is 6.25. The fraction of sp³-hybridized carbons (Fsp3) is 0.267. The van der Waals surface area contributed by atoms with Gasteiger partial charge < -0.3 is 4.90 Å². The minimum absolute atomic E-state index is 0.171. The summed E-state index contributed by atoms with van der Waals surface area (Å²) in [5.74, 6) is -0.171. The molecule has 2 aromatic rings. The van der Waals surface area contributed by atoms with Crippen molar-refractivity contribution < 1.29 is 14.3 Å². The van der Waals surface area contributed by atoms with E-state index in [-0.39, 0.29) is 5.82 Å². The lowest BCUT2D eigenvalue weighted by Crippen LogP contribution is -3.07. The van der Waals surface area contributed by atoms with E-state index in [1.165, 1.54) is 28.3 Å². The molecule has 0 radical (unpaired) electrons. The Hall–Kier alpha value is -1.74. The van der Waals surface area contributed by atoms with Gasteiger partial charge >= 0.3 is 0 Å². The van der Waals surface area contributed by atoms with E-state index < -0.39 is 0 Å². The molecule has 0 aliphatic rings. The first-order valence-corrected chi connectivity index (χ1v) is 6.25. The predicted molar refractivity (Wildman–Crippen MR) is 68.6 cm³/mol. The fourth-order valence-electron chi connectivity index (χ4n) is 1.97. The van der Waals surface area contributed by atoms with Crippen molar-refractivity contribution in [3.63, 3.8) is 0 Å². The number of H-pyrrole nitrogens is 1. The number of likely N-dealkylation sites (N-methyl/N-ethyl adjacent to an activating group) is 1. The minimum atomic E-state index is -0.171. The number of benzene rings is 1. The zero-order valence-electron chi connectivity index (χ0n) is 10.6. The van der Waals surface area contributed by atoms with E-state index >= 15 is 0 Å². The Bertz CT molecular complexity index is 468. The maximum atomic E-state index is 12.8. The number of nitrogens with one attached hydrogen (secondary N) is 2. The van der Waals surface area contributed by atoms with Gasteiger partial charge in [0.05, 0.1) is 20.0 Å². The maximum absolute atomic E-state index is 12.8. The van der Waals surface area contributed by atoms with E-state index in [9.17, 15) is 4.39 Å². The van der Waals surface area contributed by atoms with Crippen LogP contribution in [0.25, 0.3) is 0 Å². The molecule has 2 N–H and O–H groups in total. The summed E-state index contributed by atoms with van der Waals surface area (Å²) in [7, 11) is 2.16. The van der Waals surface area contributed by atoms with Crippen molar-refractivity contribution >= 4 is 0 Å². The van der Waals surface area contributed by atoms with Crippen molar-refractivity contribution in [1.82, 2.24) is 0 Å². The summed E-state index contributed by atoms with van der Waals surface area (Å²) in [6, 6.07) is 12.9. The standard InChI is InChI=1S/C15H17FN2/c1-18(11-9-15-4-2-3-10-17-15)12-13-5-7-14(16)8-6-13/h2-8,10H,9,11-12H2,1H3/p+2. The van der Waals surface area contributed by atoms with Gasteiger partial charge in [-0.05, 0) is 12.1 Å². The van der Waals surface area contributed by atoms with Crippen LogP contribution >= 0.6 is 0 Å². The summed E-state index contributed by atoms with van der Waals surface area (Å²) in [5.41, 5.74) is 2.42. The molecule has 0 fully saturated rings. The van der Waals surface area contributed by atoms with Crippen LogP contribution in [0.3, 0.4) is 0 Å². The van der Waals surface area contributed by atoms with Crippen LogP contribution in [0.4, 0.5) is 4.39 Å². The lowest BCUT2D eigenvalue weighted by Gasteiger charge is -2.12. The minimum Gasteiger partial charge on any atom is -0.333 e. The van der Waals surface area contributed by atoms with Crippen molar-refractivity contribution in [3.05, 3.63) is 65.7 Å². The summed E-state index contributed by atoms with van der Waals surface area (Å²) in [4.78, 5) is 4.65. The van der Waals surface area contributed by atoms with Gasteiger partial charge in [-0.25, -0.2) is 9.37 Å². The third kappa shape index (κ3) is 3.93. The number of quaternary nitrogens is 1. The lowest BCUT2D eigenvalue weighted by molar-refractivity contribution is -0.893. The molecular formula is C15H19FN2+2. The fourth-order valence-corrected chi connectivity index (χ4v) is 1.97. The molecule has 1 unspecified atom stereocenters. The summed E-state index contributed by atoms with van der Waals surface area (Å²) in [6.45, 7) is 1.98. The molecule has 1 heterocycles. The summed E-state index contributed by atoms with van der Waals surface area (Å²) < 4.78 is 12.8. The lowest BCUT2D eigenvalue weighted by atomic mass is 10.2. The molecule has 0 spiro atoms. The number of pyridine rings is 1. The van der Waals surface area contributed by atoms with Gasteiger partial charge in [-0.3, -0.25) is 0 Å². The molecule has 1 atom stereocenters. The Morgan fingerprint density at radius 3 is 2.56 bits per heavy atom. The smallest absolute Gasteiger partial charge is 0.185 e. The molecule has 2 rings (SSSR count). The van der Waals surface area contributed by atoms with E-state index in [4.69, 9.17) is 0 Å². The second-order valence-electron chi connectivity index (χ2n) is 4.65. The molecule has 18 heavy (non-hydrogen) atoms. The predicted octanol–water partition coefficient (Wildman–Crippen LogP) is 0.897. The highest BCUT2D eigenvalue weighted by atomic mass is 19.1. The molecule has 0 amide bonds. The van der Waals surface area contributed by atoms with E-state index in [0.29, 0.717) is 0 Å². The third-order valence-electron chi connectivity index (χ3n) is 3.01. The number of rotatable bonds is 5. The third-order valence-corrected chi connectivity index (χ3v) is 3.01. The van der Waals surface area contributed by atoms with Crippen LogP contribution in [0.15, 0.2) is 48.7 Å². The Balaban J connectivity index is 1.82. The molecule has 3 heteroatoms. The Morgan fingerprint density at radius 1 is 1.11 bits per heavy atom. The topological polar surface area (TPSA) is 18.6 Å². The van der Waals surface area contributed by atoms with Crippen LogP contribution in [0.2, 0.25) is 0 Å². The highest BCUT2D eigenvalue weighted by Crippen LogP contribution is 2.00. The van der Waals surface area contributed by atoms with Crippen molar-refractivity contribution in [2.24, 2.45) is 0 Å². The first-order chi connectivity index (χ1) is 8.74. The van der Waals surface area contributed by atoms with Gasteiger partial charge in [0, 0.05) is 17.7 Å². The van der Waals surface area contributed by atoms with Crippen LogP contribution in [0, 0.1) is 5.82 Å². The zero-order valence-corrected chi connectivity index (χ0v) is 10.6. The van der Waals surface area contributed by atoms with Crippen molar-refractivity contribution in [2.75, 3.05) is 13.6 Å². The van der Waals surface area contributed by atoms with Crippen LogP contribution in [0.5, 0.6) is 0 Å². The molecular weight excluding hydrogens is 227 g/mol. The number of hydrogen-bond acceptors (Lipinski definition) is 0. The van der Waals surface area contributed by atoms with Crippen molar-refractivity contribution in [2.45, 2.75) is 13.0 Å². The average Bonchev–Trinajstić information content (AvgIpc) is 2.40. The van der Waals surface area contributed by atoms with Gasteiger partial charge in [-0.1, -0.05) is 18.2 Å². The van der Waals surface area contributed by atoms with Crippen LogP contribution < -0.4 is 9.88 Å². The molecule has 0 aliphatic carbocycles. The first kappa shape index (κ1) is 12.7. The number of aromatic nitrogens is 1. The van der Waals surface area contributed by atoms with E-state index in [1.54, 1.807) is 0 Å². The highest BCUT2D eigenvalue weighted by Gasteiger charge is 2.07.